The third-order valence-electron chi connectivity index (χ3n) is 12.8. The van der Waals surface area contributed by atoms with Crippen molar-refractivity contribution in [3.05, 3.63) is 206 Å². The van der Waals surface area contributed by atoms with Gasteiger partial charge in [-0.25, -0.2) is 0 Å². The zero-order valence-corrected chi connectivity index (χ0v) is 32.7. The van der Waals surface area contributed by atoms with Crippen molar-refractivity contribution < 1.29 is 0 Å². The molecule has 0 saturated heterocycles. The molecule has 0 bridgehead atoms. The Morgan fingerprint density at radius 3 is 1.38 bits per heavy atom. The topological polar surface area (TPSA) is 0 Å². The summed E-state index contributed by atoms with van der Waals surface area (Å²) in [7, 11) is 0. The maximum atomic E-state index is 2.58. The Bertz CT molecular complexity index is 3130. The smallest absolute Gasteiger partial charge is 0.00259 e. The van der Waals surface area contributed by atoms with Crippen LogP contribution in [0.25, 0.3) is 98.7 Å². The molecule has 0 atom stereocenters. The predicted octanol–water partition coefficient (Wildman–Crippen LogP) is 16.7. The van der Waals surface area contributed by atoms with Crippen molar-refractivity contribution in [1.29, 1.82) is 0 Å². The molecule has 1 fully saturated rings. The summed E-state index contributed by atoms with van der Waals surface area (Å²) in [4.78, 5) is 0. The Morgan fingerprint density at radius 1 is 0.276 bits per heavy atom. The van der Waals surface area contributed by atoms with Gasteiger partial charge in [0.2, 0.25) is 0 Å². The monoisotopic (exact) mass is 740 g/mol. The zero-order valence-electron chi connectivity index (χ0n) is 32.7. The van der Waals surface area contributed by atoms with Crippen LogP contribution < -0.4 is 0 Å². The van der Waals surface area contributed by atoms with Gasteiger partial charge in [0.15, 0.2) is 0 Å². The first-order valence-electron chi connectivity index (χ1n) is 21.0. The fourth-order valence-corrected chi connectivity index (χ4v) is 10.0. The molecule has 0 aromatic heterocycles. The van der Waals surface area contributed by atoms with Crippen molar-refractivity contribution in [3.8, 4) is 55.6 Å². The predicted molar refractivity (Wildman–Crippen MR) is 249 cm³/mol. The van der Waals surface area contributed by atoms with Gasteiger partial charge in [-0.1, -0.05) is 201 Å². The molecule has 0 unspecified atom stereocenters. The van der Waals surface area contributed by atoms with Gasteiger partial charge in [-0.2, -0.15) is 0 Å². The van der Waals surface area contributed by atoms with Crippen molar-refractivity contribution in [2.24, 2.45) is 0 Å². The Morgan fingerprint density at radius 2 is 0.759 bits per heavy atom. The lowest BCUT2D eigenvalue weighted by atomic mass is 9.80. The van der Waals surface area contributed by atoms with Crippen molar-refractivity contribution in [3.63, 3.8) is 0 Å². The number of hydrogen-bond acceptors (Lipinski definition) is 0. The van der Waals surface area contributed by atoms with Crippen LogP contribution in [0.4, 0.5) is 0 Å². The largest absolute Gasteiger partial charge is 0.0622 e. The molecular formula is C58H44. The van der Waals surface area contributed by atoms with Crippen LogP contribution in [0.3, 0.4) is 0 Å². The van der Waals surface area contributed by atoms with Crippen LogP contribution in [0, 0.1) is 0 Å². The summed E-state index contributed by atoms with van der Waals surface area (Å²) in [5, 5.41) is 10.3. The summed E-state index contributed by atoms with van der Waals surface area (Å²) in [5.74, 6) is 0.599. The molecule has 276 valence electrons. The van der Waals surface area contributed by atoms with Crippen molar-refractivity contribution >= 4 is 43.1 Å². The Balaban J connectivity index is 1.21. The molecule has 1 aliphatic rings. The molecule has 1 saturated carbocycles. The van der Waals surface area contributed by atoms with E-state index in [4.69, 9.17) is 0 Å². The van der Waals surface area contributed by atoms with Gasteiger partial charge in [-0.05, 0) is 141 Å². The highest BCUT2D eigenvalue weighted by atomic mass is 14.3. The minimum Gasteiger partial charge on any atom is -0.0622 e. The first-order valence-corrected chi connectivity index (χ1v) is 21.0. The van der Waals surface area contributed by atoms with Gasteiger partial charge in [0.25, 0.3) is 0 Å². The average molecular weight is 741 g/mol. The summed E-state index contributed by atoms with van der Waals surface area (Å²) in [6.45, 7) is 0. The van der Waals surface area contributed by atoms with Gasteiger partial charge in [-0.3, -0.25) is 0 Å². The fraction of sp³-hybridized carbons (Fsp3) is 0.103. The summed E-state index contributed by atoms with van der Waals surface area (Å²) < 4.78 is 0. The van der Waals surface area contributed by atoms with Gasteiger partial charge in [0.1, 0.15) is 0 Å². The number of fused-ring (bicyclic) bond motifs is 4. The minimum atomic E-state index is 0.599. The maximum absolute atomic E-state index is 2.58. The van der Waals surface area contributed by atoms with Crippen molar-refractivity contribution in [1.82, 2.24) is 0 Å². The van der Waals surface area contributed by atoms with E-state index in [1.54, 1.807) is 0 Å². The third kappa shape index (κ3) is 6.08. The van der Waals surface area contributed by atoms with Crippen molar-refractivity contribution in [2.45, 2.75) is 38.0 Å². The SMILES string of the molecule is c1ccc(-c2ccc3c(-c4cccc(-c5cccc6ccccc56)c4)c4cc(C5CCCCC5)ccc4c(-c4cccc(-c5cccc6ccccc56)c4)c3c2)cc1. The molecule has 0 N–H and O–H groups in total. The lowest BCUT2D eigenvalue weighted by Crippen LogP contribution is -2.04. The molecule has 0 aliphatic heterocycles. The third-order valence-corrected chi connectivity index (χ3v) is 12.8. The molecule has 0 radical (unpaired) electrons. The van der Waals surface area contributed by atoms with Gasteiger partial charge in [0.05, 0.1) is 0 Å². The van der Waals surface area contributed by atoms with E-state index in [9.17, 15) is 0 Å². The van der Waals surface area contributed by atoms with Gasteiger partial charge in [-0.15, -0.1) is 0 Å². The molecule has 0 amide bonds. The second-order valence-electron chi connectivity index (χ2n) is 16.2. The molecule has 1 aliphatic carbocycles. The first-order chi connectivity index (χ1) is 28.8. The van der Waals surface area contributed by atoms with Crippen LogP contribution in [0.2, 0.25) is 0 Å². The van der Waals surface area contributed by atoms with Crippen LogP contribution in [0.5, 0.6) is 0 Å². The van der Waals surface area contributed by atoms with Crippen LogP contribution in [-0.4, -0.2) is 0 Å². The second-order valence-corrected chi connectivity index (χ2v) is 16.2. The van der Waals surface area contributed by atoms with E-state index in [1.165, 1.54) is 136 Å². The molecule has 58 heavy (non-hydrogen) atoms. The molecular weight excluding hydrogens is 697 g/mol. The highest BCUT2D eigenvalue weighted by molar-refractivity contribution is 6.22. The zero-order chi connectivity index (χ0) is 38.4. The molecule has 0 spiro atoms. The normalized spacial score (nSPS) is 13.4. The van der Waals surface area contributed by atoms with E-state index < -0.39 is 0 Å². The van der Waals surface area contributed by atoms with Gasteiger partial charge >= 0.3 is 0 Å². The molecule has 10 aromatic rings. The van der Waals surface area contributed by atoms with Gasteiger partial charge in [0, 0.05) is 0 Å². The highest BCUT2D eigenvalue weighted by Gasteiger charge is 2.22. The minimum absolute atomic E-state index is 0.599. The Kier molecular flexibility index (Phi) is 8.70. The summed E-state index contributed by atoms with van der Waals surface area (Å²) >= 11 is 0. The van der Waals surface area contributed by atoms with Crippen LogP contribution in [-0.2, 0) is 0 Å². The second kappa shape index (κ2) is 14.6. The molecule has 0 heterocycles. The highest BCUT2D eigenvalue weighted by Crippen LogP contribution is 2.48. The van der Waals surface area contributed by atoms with E-state index in [0.29, 0.717) is 5.92 Å². The molecule has 11 rings (SSSR count). The lowest BCUT2D eigenvalue weighted by Gasteiger charge is -2.24. The average Bonchev–Trinajstić information content (AvgIpc) is 3.30. The fourth-order valence-electron chi connectivity index (χ4n) is 10.0. The van der Waals surface area contributed by atoms with Crippen LogP contribution in [0.15, 0.2) is 200 Å². The summed E-state index contributed by atoms with van der Waals surface area (Å²) in [6, 6.07) is 75.0. The van der Waals surface area contributed by atoms with Crippen LogP contribution >= 0.6 is 0 Å². The molecule has 0 heteroatoms. The van der Waals surface area contributed by atoms with Crippen LogP contribution in [0.1, 0.15) is 43.6 Å². The quantitative estimate of drug-likeness (QED) is 0.149. The van der Waals surface area contributed by atoms with E-state index in [2.05, 4.69) is 200 Å². The number of rotatable bonds is 6. The summed E-state index contributed by atoms with van der Waals surface area (Å²) in [6.07, 6.45) is 6.52. The van der Waals surface area contributed by atoms with E-state index in [-0.39, 0.29) is 0 Å². The summed E-state index contributed by atoms with van der Waals surface area (Å²) in [5.41, 5.74) is 14.1. The molecule has 10 aromatic carbocycles. The molecule has 0 nitrogen and oxygen atoms in total. The lowest BCUT2D eigenvalue weighted by molar-refractivity contribution is 0.444. The van der Waals surface area contributed by atoms with E-state index in [1.807, 2.05) is 0 Å². The standard InChI is InChI=1S/C58H44/c1-3-15-39(16-4-1)43-31-33-53-55(37-43)57(47-25-11-23-45(35-47)51-29-13-21-41-19-7-9-27-49(41)51)54-34-32-44(40-17-5-2-6-18-40)38-56(54)58(53)48-26-12-24-46(36-48)52-30-14-22-42-20-8-10-28-50(42)52/h1,3-4,7-16,19-38,40H,2,5-6,17-18H2. The first kappa shape index (κ1) is 34.5. The van der Waals surface area contributed by atoms with Gasteiger partial charge < -0.3 is 0 Å². The Hall–Kier alpha value is -6.76. The van der Waals surface area contributed by atoms with Crippen molar-refractivity contribution in [2.75, 3.05) is 0 Å². The number of benzene rings is 10. The van der Waals surface area contributed by atoms with E-state index >= 15 is 0 Å². The van der Waals surface area contributed by atoms with E-state index in [0.717, 1.165) is 0 Å². The Labute approximate surface area is 341 Å². The maximum Gasteiger partial charge on any atom is -0.00259 e. The number of hydrogen-bond donors (Lipinski definition) is 0.